The van der Waals surface area contributed by atoms with E-state index in [0.29, 0.717) is 5.56 Å². The van der Waals surface area contributed by atoms with Crippen molar-refractivity contribution in [1.29, 1.82) is 0 Å². The highest BCUT2D eigenvalue weighted by Gasteiger charge is 2.04. The van der Waals surface area contributed by atoms with Gasteiger partial charge in [-0.2, -0.15) is 0 Å². The summed E-state index contributed by atoms with van der Waals surface area (Å²) < 4.78 is 0. The van der Waals surface area contributed by atoms with Crippen LogP contribution in [0.4, 0.5) is 0 Å². The van der Waals surface area contributed by atoms with Gasteiger partial charge in [0.15, 0.2) is 0 Å². The fourth-order valence-electron chi connectivity index (χ4n) is 0.703. The number of hydroxylamine groups is 1. The molecule has 0 spiro atoms. The Morgan fingerprint density at radius 2 is 2.23 bits per heavy atom. The molecule has 0 fully saturated rings. The van der Waals surface area contributed by atoms with Crippen LogP contribution in [0.2, 0.25) is 0 Å². The van der Waals surface area contributed by atoms with Gasteiger partial charge in [0.1, 0.15) is 0 Å². The molecule has 0 aromatic carbocycles. The van der Waals surface area contributed by atoms with E-state index in [0.717, 1.165) is 0 Å². The average Bonchev–Trinajstić information content (AvgIpc) is 2.19. The van der Waals surface area contributed by atoms with Crippen molar-refractivity contribution >= 4 is 5.97 Å². The summed E-state index contributed by atoms with van der Waals surface area (Å²) in [7, 11) is 0. The molecule has 13 heavy (non-hydrogen) atoms. The number of hydrogen-bond acceptors (Lipinski definition) is 4. The van der Waals surface area contributed by atoms with Gasteiger partial charge in [-0.15, -0.1) is 0 Å². The van der Waals surface area contributed by atoms with Crippen LogP contribution >= 0.6 is 0 Å². The van der Waals surface area contributed by atoms with Gasteiger partial charge >= 0.3 is 5.97 Å². The number of aromatic nitrogens is 1. The predicted octanol–water partition coefficient (Wildman–Crippen LogP) is 1.28. The van der Waals surface area contributed by atoms with E-state index in [1.165, 1.54) is 18.6 Å². The molecular weight excluding hydrogens is 168 g/mol. The zero-order valence-electron chi connectivity index (χ0n) is 7.23. The van der Waals surface area contributed by atoms with Gasteiger partial charge in [-0.1, -0.05) is 6.08 Å². The number of rotatable bonds is 3. The lowest BCUT2D eigenvalue weighted by Gasteiger charge is -2.00. The summed E-state index contributed by atoms with van der Waals surface area (Å²) in [4.78, 5) is 19.6. The van der Waals surface area contributed by atoms with Gasteiger partial charge in [0.25, 0.3) is 0 Å². The molecule has 0 amide bonds. The van der Waals surface area contributed by atoms with E-state index in [1.54, 1.807) is 18.2 Å². The molecule has 1 heterocycles. The molecule has 0 bridgehead atoms. The summed E-state index contributed by atoms with van der Waals surface area (Å²) in [6.07, 6.45) is 6.32. The lowest BCUT2D eigenvalue weighted by atomic mass is 10.3. The average molecular weight is 178 g/mol. The van der Waals surface area contributed by atoms with E-state index in [2.05, 4.69) is 15.3 Å². The summed E-state index contributed by atoms with van der Waals surface area (Å²) in [5, 5.41) is 0. The zero-order chi connectivity index (χ0) is 9.52. The number of carbonyl (C=O) groups excluding carboxylic acids is 1. The SMILES string of the molecule is CC=CNOC(=O)c1ccncc1. The third-order valence-electron chi connectivity index (χ3n) is 1.30. The molecule has 0 aliphatic carbocycles. The number of nitrogens with one attached hydrogen (secondary N) is 1. The van der Waals surface area contributed by atoms with Crippen LogP contribution in [0, 0.1) is 0 Å². The van der Waals surface area contributed by atoms with Crippen LogP contribution in [0.3, 0.4) is 0 Å². The monoisotopic (exact) mass is 178 g/mol. The third-order valence-corrected chi connectivity index (χ3v) is 1.30. The Kier molecular flexibility index (Phi) is 3.50. The Morgan fingerprint density at radius 1 is 1.54 bits per heavy atom. The first kappa shape index (κ1) is 9.25. The Bertz CT molecular complexity index is 296. The molecule has 1 aromatic heterocycles. The number of nitrogens with zero attached hydrogens (tertiary/aromatic N) is 1. The first-order valence-corrected chi connectivity index (χ1v) is 3.82. The molecule has 4 heteroatoms. The van der Waals surface area contributed by atoms with E-state index < -0.39 is 5.97 Å². The Hall–Kier alpha value is -1.84. The third kappa shape index (κ3) is 2.94. The summed E-state index contributed by atoms with van der Waals surface area (Å²) in [6, 6.07) is 3.17. The molecular formula is C9H10N2O2. The minimum Gasteiger partial charge on any atom is -0.339 e. The molecule has 0 unspecified atom stereocenters. The lowest BCUT2D eigenvalue weighted by molar-refractivity contribution is 0.0349. The van der Waals surface area contributed by atoms with Gasteiger partial charge in [0.2, 0.25) is 0 Å². The highest BCUT2D eigenvalue weighted by molar-refractivity contribution is 5.88. The molecule has 1 N–H and O–H groups in total. The van der Waals surface area contributed by atoms with Crippen LogP contribution in [-0.2, 0) is 4.84 Å². The number of hydrogen-bond donors (Lipinski definition) is 1. The summed E-state index contributed by atoms with van der Waals surface area (Å²) in [6.45, 7) is 1.81. The maximum atomic E-state index is 11.2. The lowest BCUT2D eigenvalue weighted by Crippen LogP contribution is -2.14. The number of carbonyl (C=O) groups is 1. The highest BCUT2D eigenvalue weighted by atomic mass is 16.7. The molecule has 0 saturated heterocycles. The van der Waals surface area contributed by atoms with Crippen LogP contribution in [0.25, 0.3) is 0 Å². The maximum absolute atomic E-state index is 11.2. The molecule has 4 nitrogen and oxygen atoms in total. The van der Waals surface area contributed by atoms with Crippen LogP contribution in [-0.4, -0.2) is 11.0 Å². The van der Waals surface area contributed by atoms with Crippen molar-refractivity contribution in [2.75, 3.05) is 0 Å². The molecule has 1 rings (SSSR count). The van der Waals surface area contributed by atoms with Gasteiger partial charge < -0.3 is 4.84 Å². The first-order valence-electron chi connectivity index (χ1n) is 3.82. The Morgan fingerprint density at radius 3 is 2.85 bits per heavy atom. The van der Waals surface area contributed by atoms with E-state index in [9.17, 15) is 4.79 Å². The van der Waals surface area contributed by atoms with Gasteiger partial charge in [-0.25, -0.2) is 10.3 Å². The van der Waals surface area contributed by atoms with Crippen molar-refractivity contribution in [1.82, 2.24) is 10.5 Å². The van der Waals surface area contributed by atoms with Crippen LogP contribution in [0.5, 0.6) is 0 Å². The zero-order valence-corrected chi connectivity index (χ0v) is 7.23. The first-order chi connectivity index (χ1) is 6.34. The number of pyridine rings is 1. The second-order valence-corrected chi connectivity index (χ2v) is 2.24. The molecule has 0 atom stereocenters. The van der Waals surface area contributed by atoms with E-state index >= 15 is 0 Å². The Labute approximate surface area is 76.2 Å². The van der Waals surface area contributed by atoms with E-state index in [-0.39, 0.29) is 0 Å². The minimum atomic E-state index is -0.430. The minimum absolute atomic E-state index is 0.430. The van der Waals surface area contributed by atoms with E-state index in [4.69, 9.17) is 0 Å². The largest absolute Gasteiger partial charge is 0.362 e. The number of allylic oxidation sites excluding steroid dienone is 1. The van der Waals surface area contributed by atoms with Crippen molar-refractivity contribution in [3.05, 3.63) is 42.4 Å². The van der Waals surface area contributed by atoms with Gasteiger partial charge in [-0.05, 0) is 19.1 Å². The van der Waals surface area contributed by atoms with Gasteiger partial charge in [0.05, 0.1) is 5.56 Å². The molecule has 68 valence electrons. The normalized spacial score (nSPS) is 9.92. The van der Waals surface area contributed by atoms with Crippen molar-refractivity contribution in [3.63, 3.8) is 0 Å². The molecule has 0 aliphatic heterocycles. The summed E-state index contributed by atoms with van der Waals surface area (Å²) >= 11 is 0. The predicted molar refractivity (Wildman–Crippen MR) is 47.6 cm³/mol. The molecule has 0 aliphatic rings. The van der Waals surface area contributed by atoms with Crippen LogP contribution in [0.15, 0.2) is 36.8 Å². The van der Waals surface area contributed by atoms with Crippen molar-refractivity contribution in [2.24, 2.45) is 0 Å². The van der Waals surface area contributed by atoms with Gasteiger partial charge in [-0.3, -0.25) is 4.98 Å². The summed E-state index contributed by atoms with van der Waals surface area (Å²) in [5.74, 6) is -0.430. The van der Waals surface area contributed by atoms with E-state index in [1.807, 2.05) is 6.92 Å². The Balaban J connectivity index is 2.49. The maximum Gasteiger partial charge on any atom is 0.362 e. The summed E-state index contributed by atoms with van der Waals surface area (Å²) in [5.41, 5.74) is 2.85. The van der Waals surface area contributed by atoms with Crippen molar-refractivity contribution in [3.8, 4) is 0 Å². The molecule has 0 radical (unpaired) electrons. The highest BCUT2D eigenvalue weighted by Crippen LogP contribution is 1.97. The second kappa shape index (κ2) is 4.92. The smallest absolute Gasteiger partial charge is 0.339 e. The topological polar surface area (TPSA) is 51.2 Å². The second-order valence-electron chi connectivity index (χ2n) is 2.24. The van der Waals surface area contributed by atoms with Crippen molar-refractivity contribution in [2.45, 2.75) is 6.92 Å². The standard InChI is InChI=1S/C9H10N2O2/c1-2-5-11-13-9(12)8-3-6-10-7-4-8/h2-7,11H,1H3. The molecule has 0 saturated carbocycles. The quantitative estimate of drug-likeness (QED) is 0.708. The van der Waals surface area contributed by atoms with Crippen molar-refractivity contribution < 1.29 is 9.63 Å². The van der Waals surface area contributed by atoms with Crippen LogP contribution < -0.4 is 5.48 Å². The fraction of sp³-hybridized carbons (Fsp3) is 0.111. The molecule has 1 aromatic rings. The van der Waals surface area contributed by atoms with Gasteiger partial charge in [0, 0.05) is 18.6 Å². The fourth-order valence-corrected chi connectivity index (χ4v) is 0.703. The van der Waals surface area contributed by atoms with Crippen LogP contribution in [0.1, 0.15) is 17.3 Å².